The molecular formula is C8H7N3O2. The Kier molecular flexibility index (Phi) is 1.84. The van der Waals surface area contributed by atoms with E-state index in [1.165, 1.54) is 6.20 Å². The molecule has 1 N–H and O–H groups in total. The number of rotatable bonds is 3. The van der Waals surface area contributed by atoms with E-state index < -0.39 is 0 Å². The summed E-state index contributed by atoms with van der Waals surface area (Å²) in [5, 5.41) is 10.1. The second kappa shape index (κ2) is 3.14. The summed E-state index contributed by atoms with van der Waals surface area (Å²) in [7, 11) is 0. The normalized spacial score (nSPS) is 9.85. The van der Waals surface area contributed by atoms with Gasteiger partial charge in [0.25, 0.3) is 5.89 Å². The summed E-state index contributed by atoms with van der Waals surface area (Å²) in [5.41, 5.74) is 0. The van der Waals surface area contributed by atoms with Crippen LogP contribution in [0.5, 0.6) is 0 Å². The van der Waals surface area contributed by atoms with Crippen LogP contribution < -0.4 is 5.32 Å². The van der Waals surface area contributed by atoms with Crippen LogP contribution in [-0.4, -0.2) is 10.2 Å². The Morgan fingerprint density at radius 2 is 2.38 bits per heavy atom. The number of furan rings is 1. The zero-order chi connectivity index (χ0) is 9.10. The lowest BCUT2D eigenvalue weighted by molar-refractivity contribution is 0.524. The monoisotopic (exact) mass is 177 g/mol. The Bertz CT molecular complexity index is 391. The maximum Gasteiger partial charge on any atom is 0.319 e. The lowest BCUT2D eigenvalue weighted by atomic mass is 10.5. The molecular weight excluding hydrogens is 170 g/mol. The predicted molar refractivity (Wildman–Crippen MR) is 45.8 cm³/mol. The molecule has 0 radical (unpaired) electrons. The molecule has 0 bridgehead atoms. The fraction of sp³-hybridized carbons (Fsp3) is 0. The van der Waals surface area contributed by atoms with Gasteiger partial charge in [0, 0.05) is 0 Å². The Morgan fingerprint density at radius 1 is 1.46 bits per heavy atom. The molecule has 13 heavy (non-hydrogen) atoms. The van der Waals surface area contributed by atoms with Gasteiger partial charge in [0.05, 0.1) is 6.26 Å². The third-order valence-electron chi connectivity index (χ3n) is 1.38. The van der Waals surface area contributed by atoms with Crippen molar-refractivity contribution in [1.82, 2.24) is 10.2 Å². The van der Waals surface area contributed by atoms with E-state index in [-0.39, 0.29) is 0 Å². The van der Waals surface area contributed by atoms with E-state index in [4.69, 9.17) is 8.83 Å². The molecule has 0 saturated carbocycles. The van der Waals surface area contributed by atoms with Crippen molar-refractivity contribution in [2.45, 2.75) is 0 Å². The van der Waals surface area contributed by atoms with E-state index in [9.17, 15) is 0 Å². The second-order valence-corrected chi connectivity index (χ2v) is 2.24. The van der Waals surface area contributed by atoms with Crippen LogP contribution in [0, 0.1) is 0 Å². The zero-order valence-electron chi connectivity index (χ0n) is 6.73. The topological polar surface area (TPSA) is 64.1 Å². The minimum atomic E-state index is 0.293. The lowest BCUT2D eigenvalue weighted by Gasteiger charge is -1.87. The average Bonchev–Trinajstić information content (AvgIpc) is 2.70. The van der Waals surface area contributed by atoms with Crippen LogP contribution in [0.15, 0.2) is 40.0 Å². The van der Waals surface area contributed by atoms with E-state index in [2.05, 4.69) is 22.1 Å². The fourth-order valence-corrected chi connectivity index (χ4v) is 0.869. The largest absolute Gasteiger partial charge is 0.459 e. The third-order valence-corrected chi connectivity index (χ3v) is 1.38. The van der Waals surface area contributed by atoms with E-state index >= 15 is 0 Å². The molecule has 0 aromatic carbocycles. The molecule has 0 fully saturated rings. The number of nitrogens with one attached hydrogen (secondary N) is 1. The quantitative estimate of drug-likeness (QED) is 0.775. The molecule has 0 atom stereocenters. The van der Waals surface area contributed by atoms with Crippen LogP contribution >= 0.6 is 0 Å². The molecule has 0 amide bonds. The fourth-order valence-electron chi connectivity index (χ4n) is 0.869. The van der Waals surface area contributed by atoms with Gasteiger partial charge >= 0.3 is 6.01 Å². The second-order valence-electron chi connectivity index (χ2n) is 2.24. The number of aromatic nitrogens is 2. The highest BCUT2D eigenvalue weighted by Crippen LogP contribution is 2.19. The Morgan fingerprint density at radius 3 is 3.08 bits per heavy atom. The van der Waals surface area contributed by atoms with Crippen LogP contribution in [0.25, 0.3) is 11.7 Å². The minimum Gasteiger partial charge on any atom is -0.459 e. The van der Waals surface area contributed by atoms with Crippen LogP contribution in [0.4, 0.5) is 6.01 Å². The van der Waals surface area contributed by atoms with Gasteiger partial charge in [-0.3, -0.25) is 0 Å². The van der Waals surface area contributed by atoms with E-state index in [1.54, 1.807) is 18.4 Å². The smallest absolute Gasteiger partial charge is 0.319 e. The van der Waals surface area contributed by atoms with Crippen LogP contribution in [0.1, 0.15) is 0 Å². The molecule has 66 valence electrons. The van der Waals surface area contributed by atoms with Gasteiger partial charge in [-0.25, -0.2) is 0 Å². The minimum absolute atomic E-state index is 0.293. The molecule has 0 spiro atoms. The van der Waals surface area contributed by atoms with Crippen LogP contribution in [-0.2, 0) is 0 Å². The summed E-state index contributed by atoms with van der Waals surface area (Å²) < 4.78 is 10.2. The van der Waals surface area contributed by atoms with Gasteiger partial charge in [0.15, 0.2) is 5.76 Å². The van der Waals surface area contributed by atoms with Gasteiger partial charge in [-0.2, -0.15) is 0 Å². The molecule has 2 aromatic heterocycles. The highest BCUT2D eigenvalue weighted by Gasteiger charge is 2.08. The van der Waals surface area contributed by atoms with Crippen LogP contribution in [0.3, 0.4) is 0 Å². The summed E-state index contributed by atoms with van der Waals surface area (Å²) in [4.78, 5) is 0. The van der Waals surface area contributed by atoms with E-state index in [1.807, 2.05) is 0 Å². The third kappa shape index (κ3) is 1.44. The van der Waals surface area contributed by atoms with E-state index in [0.717, 1.165) is 0 Å². The van der Waals surface area contributed by atoms with Crippen molar-refractivity contribution >= 4 is 6.01 Å². The van der Waals surface area contributed by atoms with Gasteiger partial charge in [-0.15, -0.1) is 5.10 Å². The number of hydrogen-bond acceptors (Lipinski definition) is 5. The van der Waals surface area contributed by atoms with Crippen molar-refractivity contribution in [2.24, 2.45) is 0 Å². The molecule has 5 nitrogen and oxygen atoms in total. The Balaban J connectivity index is 2.28. The molecule has 2 rings (SSSR count). The van der Waals surface area contributed by atoms with Gasteiger partial charge in [-0.05, 0) is 18.3 Å². The maximum absolute atomic E-state index is 5.17. The molecule has 0 aliphatic carbocycles. The Hall–Kier alpha value is -2.04. The highest BCUT2D eigenvalue weighted by molar-refractivity contribution is 5.44. The summed E-state index contributed by atoms with van der Waals surface area (Å²) in [6.45, 7) is 3.47. The van der Waals surface area contributed by atoms with Gasteiger partial charge in [0.2, 0.25) is 0 Å². The lowest BCUT2D eigenvalue weighted by Crippen LogP contribution is -1.84. The summed E-state index contributed by atoms with van der Waals surface area (Å²) in [5.74, 6) is 0.888. The summed E-state index contributed by atoms with van der Waals surface area (Å²) in [6.07, 6.45) is 3.00. The van der Waals surface area contributed by atoms with Crippen molar-refractivity contribution in [1.29, 1.82) is 0 Å². The van der Waals surface area contributed by atoms with Gasteiger partial charge in [0.1, 0.15) is 0 Å². The van der Waals surface area contributed by atoms with E-state index in [0.29, 0.717) is 17.7 Å². The first-order chi connectivity index (χ1) is 6.40. The predicted octanol–water partition coefficient (Wildman–Crippen LogP) is 1.88. The van der Waals surface area contributed by atoms with Crippen LogP contribution in [0.2, 0.25) is 0 Å². The van der Waals surface area contributed by atoms with Gasteiger partial charge < -0.3 is 14.2 Å². The van der Waals surface area contributed by atoms with Crippen molar-refractivity contribution in [3.05, 3.63) is 31.2 Å². The molecule has 2 aromatic rings. The zero-order valence-corrected chi connectivity index (χ0v) is 6.73. The Labute approximate surface area is 74.1 Å². The molecule has 0 unspecified atom stereocenters. The van der Waals surface area contributed by atoms with Gasteiger partial charge in [-0.1, -0.05) is 11.7 Å². The molecule has 0 aliphatic heterocycles. The number of hydrogen-bond donors (Lipinski definition) is 1. The van der Waals surface area contributed by atoms with Crippen molar-refractivity contribution in [3.8, 4) is 11.7 Å². The molecule has 0 saturated heterocycles. The molecule has 5 heteroatoms. The standard InChI is InChI=1S/C8H7N3O2/c1-2-9-8-11-10-7(13-8)6-4-3-5-12-6/h2-5H,1H2,(H,9,11). The molecule has 0 aliphatic rings. The van der Waals surface area contributed by atoms with Crippen molar-refractivity contribution in [3.63, 3.8) is 0 Å². The summed E-state index contributed by atoms with van der Waals surface area (Å²) >= 11 is 0. The first kappa shape index (κ1) is 7.60. The summed E-state index contributed by atoms with van der Waals surface area (Å²) in [6, 6.07) is 3.78. The highest BCUT2D eigenvalue weighted by atomic mass is 16.4. The number of anilines is 1. The first-order valence-corrected chi connectivity index (χ1v) is 3.65. The number of nitrogens with zero attached hydrogens (tertiary/aromatic N) is 2. The first-order valence-electron chi connectivity index (χ1n) is 3.65. The maximum atomic E-state index is 5.17. The SMILES string of the molecule is C=CNc1nnc(-c2ccco2)o1. The average molecular weight is 177 g/mol. The molecule has 2 heterocycles. The van der Waals surface area contributed by atoms with Crippen molar-refractivity contribution in [2.75, 3.05) is 5.32 Å². The van der Waals surface area contributed by atoms with Crippen molar-refractivity contribution < 1.29 is 8.83 Å².